The molecule has 0 amide bonds. The topological polar surface area (TPSA) is 152 Å². The van der Waals surface area contributed by atoms with E-state index in [-0.39, 0.29) is 16.7 Å². The number of aromatic carboxylic acids is 1. The smallest absolute Gasteiger partial charge is 0.478 e. The van der Waals surface area contributed by atoms with Crippen molar-refractivity contribution in [3.05, 3.63) is 50.7 Å². The highest BCUT2D eigenvalue weighted by Gasteiger charge is 2.38. The number of imidazole rings is 1. The fourth-order valence-electron chi connectivity index (χ4n) is 3.54. The molecule has 188 valence electrons. The van der Waals surface area contributed by atoms with Crippen molar-refractivity contribution in [1.82, 2.24) is 24.0 Å². The number of fused-ring (bicyclic) bond motifs is 1. The number of aromatic nitrogens is 4. The predicted molar refractivity (Wildman–Crippen MR) is 117 cm³/mol. The molecule has 0 aliphatic carbocycles. The number of carboxylic acids is 2. The summed E-state index contributed by atoms with van der Waals surface area (Å²) in [7, 11) is 2.95. The van der Waals surface area contributed by atoms with Crippen molar-refractivity contribution in [1.29, 1.82) is 0 Å². The minimum Gasteiger partial charge on any atom is -0.478 e. The highest BCUT2D eigenvalue weighted by Crippen LogP contribution is 2.27. The standard InChI is InChI=1S/C18H20N6O4.C2HF3O2/c1-21-14-13(15(25)22(2)18(21)28)24(12-6-4-3-5-11(12)16(26)27)17(20-14)23-9-7-19-8-10-23;3-2(4,5)1(6)7/h3-6,19H,7-10H2,1-2H3,(H,26,27);(H,6,7). The predicted octanol–water partition coefficient (Wildman–Crippen LogP) is 0.164. The zero-order valence-corrected chi connectivity index (χ0v) is 18.5. The fraction of sp³-hybridized carbons (Fsp3) is 0.350. The number of carbonyl (C=O) groups is 2. The van der Waals surface area contributed by atoms with Gasteiger partial charge in [0, 0.05) is 40.3 Å². The largest absolute Gasteiger partial charge is 0.490 e. The SMILES string of the molecule is Cn1c(=O)c2c(nc(N3CCNCC3)n2-c2ccccc2C(=O)O)n(C)c1=O.O=C(O)C(F)(F)F. The molecule has 0 saturated carbocycles. The lowest BCUT2D eigenvalue weighted by Crippen LogP contribution is -2.44. The Morgan fingerprint density at radius 2 is 1.60 bits per heavy atom. The summed E-state index contributed by atoms with van der Waals surface area (Å²) in [5, 5.41) is 20.0. The number of benzene rings is 1. The molecule has 0 atom stereocenters. The molecule has 0 unspecified atom stereocenters. The van der Waals surface area contributed by atoms with Gasteiger partial charge in [-0.1, -0.05) is 12.1 Å². The van der Waals surface area contributed by atoms with Crippen LogP contribution >= 0.6 is 0 Å². The summed E-state index contributed by atoms with van der Waals surface area (Å²) in [6, 6.07) is 6.46. The molecule has 2 aromatic heterocycles. The molecule has 4 rings (SSSR count). The second-order valence-electron chi connectivity index (χ2n) is 7.49. The second-order valence-corrected chi connectivity index (χ2v) is 7.49. The van der Waals surface area contributed by atoms with E-state index in [2.05, 4.69) is 10.3 Å². The Labute approximate surface area is 194 Å². The number of carboxylic acid groups (broad SMARTS) is 2. The average molecular weight is 498 g/mol. The lowest BCUT2D eigenvalue weighted by molar-refractivity contribution is -0.192. The summed E-state index contributed by atoms with van der Waals surface area (Å²) in [5.74, 6) is -3.42. The Balaban J connectivity index is 0.000000429. The number of alkyl halides is 3. The average Bonchev–Trinajstić information content (AvgIpc) is 3.22. The van der Waals surface area contributed by atoms with Crippen LogP contribution in [0.1, 0.15) is 10.4 Å². The van der Waals surface area contributed by atoms with Crippen molar-refractivity contribution >= 4 is 29.1 Å². The van der Waals surface area contributed by atoms with Crippen LogP contribution in [0.3, 0.4) is 0 Å². The van der Waals surface area contributed by atoms with Crippen LogP contribution in [0.4, 0.5) is 19.1 Å². The molecule has 3 aromatic rings. The minimum atomic E-state index is -5.08. The molecule has 15 heteroatoms. The molecule has 3 N–H and O–H groups in total. The summed E-state index contributed by atoms with van der Waals surface area (Å²) in [6.45, 7) is 2.76. The van der Waals surface area contributed by atoms with Gasteiger partial charge in [-0.25, -0.2) is 14.4 Å². The normalized spacial score (nSPS) is 13.9. The molecule has 1 aromatic carbocycles. The first-order valence-electron chi connectivity index (χ1n) is 10.1. The number of halogens is 3. The van der Waals surface area contributed by atoms with E-state index in [0.717, 1.165) is 17.7 Å². The Morgan fingerprint density at radius 1 is 1.03 bits per heavy atom. The molecule has 12 nitrogen and oxygen atoms in total. The zero-order chi connectivity index (χ0) is 26.1. The van der Waals surface area contributed by atoms with Crippen LogP contribution in [0.5, 0.6) is 0 Å². The molecule has 0 radical (unpaired) electrons. The lowest BCUT2D eigenvalue weighted by Gasteiger charge is -2.29. The van der Waals surface area contributed by atoms with E-state index >= 15 is 0 Å². The van der Waals surface area contributed by atoms with Gasteiger partial charge in [0.2, 0.25) is 5.95 Å². The van der Waals surface area contributed by atoms with E-state index in [0.29, 0.717) is 24.7 Å². The van der Waals surface area contributed by atoms with E-state index in [1.807, 2.05) is 4.90 Å². The van der Waals surface area contributed by atoms with Gasteiger partial charge in [0.1, 0.15) is 0 Å². The Hall–Kier alpha value is -4.14. The molecule has 1 aliphatic heterocycles. The number of rotatable bonds is 3. The van der Waals surface area contributed by atoms with Crippen LogP contribution in [0.25, 0.3) is 16.9 Å². The summed E-state index contributed by atoms with van der Waals surface area (Å²) in [5.41, 5.74) is -0.225. The Morgan fingerprint density at radius 3 is 2.14 bits per heavy atom. The summed E-state index contributed by atoms with van der Waals surface area (Å²) < 4.78 is 35.6. The maximum Gasteiger partial charge on any atom is 0.490 e. The van der Waals surface area contributed by atoms with E-state index in [4.69, 9.17) is 9.90 Å². The van der Waals surface area contributed by atoms with Gasteiger partial charge in [0.25, 0.3) is 5.56 Å². The number of hydrogen-bond acceptors (Lipinski definition) is 7. The van der Waals surface area contributed by atoms with Crippen LogP contribution in [0.15, 0.2) is 33.9 Å². The molecule has 1 fully saturated rings. The molecule has 0 spiro atoms. The maximum absolute atomic E-state index is 13.0. The quantitative estimate of drug-likeness (QED) is 0.459. The Bertz CT molecular complexity index is 1400. The van der Waals surface area contributed by atoms with Crippen LogP contribution in [-0.2, 0) is 18.9 Å². The number of nitrogens with zero attached hydrogens (tertiary/aromatic N) is 5. The minimum absolute atomic E-state index is 0.0501. The van der Waals surface area contributed by atoms with Crippen LogP contribution in [-0.4, -0.2) is 73.2 Å². The first-order valence-corrected chi connectivity index (χ1v) is 10.1. The lowest BCUT2D eigenvalue weighted by atomic mass is 10.1. The van der Waals surface area contributed by atoms with Crippen LogP contribution in [0.2, 0.25) is 0 Å². The van der Waals surface area contributed by atoms with Crippen molar-refractivity contribution in [2.24, 2.45) is 14.1 Å². The number of nitrogens with one attached hydrogen (secondary N) is 1. The molecule has 1 saturated heterocycles. The number of hydrogen-bond donors (Lipinski definition) is 3. The van der Waals surface area contributed by atoms with E-state index in [1.165, 1.54) is 17.7 Å². The van der Waals surface area contributed by atoms with Crippen LogP contribution < -0.4 is 21.5 Å². The van der Waals surface area contributed by atoms with Crippen molar-refractivity contribution in [3.63, 3.8) is 0 Å². The van der Waals surface area contributed by atoms with Gasteiger partial charge in [-0.3, -0.25) is 18.5 Å². The van der Waals surface area contributed by atoms with Crippen molar-refractivity contribution in [3.8, 4) is 5.69 Å². The van der Waals surface area contributed by atoms with E-state index < -0.39 is 29.4 Å². The van der Waals surface area contributed by atoms with E-state index in [1.54, 1.807) is 29.8 Å². The highest BCUT2D eigenvalue weighted by atomic mass is 19.4. The second kappa shape index (κ2) is 9.61. The number of aliphatic carboxylic acids is 1. The number of aryl methyl sites for hydroxylation is 1. The summed E-state index contributed by atoms with van der Waals surface area (Å²) >= 11 is 0. The molecular weight excluding hydrogens is 477 g/mol. The molecular formula is C20H21F3N6O6. The molecule has 0 bridgehead atoms. The first-order chi connectivity index (χ1) is 16.4. The van der Waals surface area contributed by atoms with Gasteiger partial charge in [-0.2, -0.15) is 18.2 Å². The van der Waals surface area contributed by atoms with Gasteiger partial charge < -0.3 is 20.4 Å². The fourth-order valence-corrected chi connectivity index (χ4v) is 3.54. The zero-order valence-electron chi connectivity index (χ0n) is 18.5. The highest BCUT2D eigenvalue weighted by molar-refractivity contribution is 5.93. The third kappa shape index (κ3) is 4.89. The summed E-state index contributed by atoms with van der Waals surface area (Å²) in [4.78, 5) is 52.6. The van der Waals surface area contributed by atoms with Crippen molar-refractivity contribution < 1.29 is 33.0 Å². The van der Waals surface area contributed by atoms with E-state index in [9.17, 15) is 32.7 Å². The third-order valence-electron chi connectivity index (χ3n) is 5.26. The summed E-state index contributed by atoms with van der Waals surface area (Å²) in [6.07, 6.45) is -5.08. The third-order valence-corrected chi connectivity index (χ3v) is 5.26. The Kier molecular flexibility index (Phi) is 7.00. The number of piperazine rings is 1. The van der Waals surface area contributed by atoms with Gasteiger partial charge in [-0.15, -0.1) is 0 Å². The van der Waals surface area contributed by atoms with Crippen molar-refractivity contribution in [2.75, 3.05) is 31.1 Å². The molecule has 1 aliphatic rings. The molecule has 3 heterocycles. The maximum atomic E-state index is 13.0. The van der Waals surface area contributed by atoms with Gasteiger partial charge in [0.15, 0.2) is 11.2 Å². The molecule has 35 heavy (non-hydrogen) atoms. The number of para-hydroxylation sites is 1. The van der Waals surface area contributed by atoms with Crippen molar-refractivity contribution in [2.45, 2.75) is 6.18 Å². The monoisotopic (exact) mass is 498 g/mol. The van der Waals surface area contributed by atoms with Crippen LogP contribution in [0, 0.1) is 0 Å². The van der Waals surface area contributed by atoms with Gasteiger partial charge in [-0.05, 0) is 12.1 Å². The van der Waals surface area contributed by atoms with Gasteiger partial charge in [0.05, 0.1) is 11.3 Å². The first kappa shape index (κ1) is 25.5. The number of anilines is 1. The van der Waals surface area contributed by atoms with Gasteiger partial charge >= 0.3 is 23.8 Å².